The zero-order valence-electron chi connectivity index (χ0n) is 17.3. The second kappa shape index (κ2) is 6.96. The number of benzene rings is 1. The number of likely N-dealkylation sites (tertiary alicyclic amines) is 1. The SMILES string of the molecule is COc1cccc2c1C1(CCN(C(=O)c3ccn(C(C)(C)C)c3)CC1)OCC2. The highest BCUT2D eigenvalue weighted by molar-refractivity contribution is 5.94. The number of hydrogen-bond donors (Lipinski definition) is 0. The maximum Gasteiger partial charge on any atom is 0.255 e. The molecule has 0 radical (unpaired) electrons. The first kappa shape index (κ1) is 19.1. The lowest BCUT2D eigenvalue weighted by molar-refractivity contribution is -0.0946. The molecule has 2 aliphatic rings. The van der Waals surface area contributed by atoms with Gasteiger partial charge in [0.15, 0.2) is 0 Å². The normalized spacial score (nSPS) is 18.8. The van der Waals surface area contributed by atoms with Crippen molar-refractivity contribution in [2.45, 2.75) is 51.2 Å². The van der Waals surface area contributed by atoms with E-state index in [1.807, 2.05) is 29.4 Å². The number of hydrogen-bond acceptors (Lipinski definition) is 3. The number of nitrogens with zero attached hydrogens (tertiary/aromatic N) is 2. The molecule has 2 aromatic rings. The Hall–Kier alpha value is -2.27. The smallest absolute Gasteiger partial charge is 0.255 e. The lowest BCUT2D eigenvalue weighted by Gasteiger charge is -2.45. The van der Waals surface area contributed by atoms with Gasteiger partial charge < -0.3 is 18.9 Å². The highest BCUT2D eigenvalue weighted by Crippen LogP contribution is 2.45. The Labute approximate surface area is 167 Å². The van der Waals surface area contributed by atoms with E-state index in [1.54, 1.807) is 7.11 Å². The molecule has 0 unspecified atom stereocenters. The van der Waals surface area contributed by atoms with Gasteiger partial charge in [-0.25, -0.2) is 0 Å². The van der Waals surface area contributed by atoms with Crippen molar-refractivity contribution < 1.29 is 14.3 Å². The molecule has 28 heavy (non-hydrogen) atoms. The van der Waals surface area contributed by atoms with Crippen molar-refractivity contribution in [3.05, 3.63) is 53.3 Å². The lowest BCUT2D eigenvalue weighted by atomic mass is 9.78. The van der Waals surface area contributed by atoms with E-state index in [1.165, 1.54) is 11.1 Å². The molecule has 0 bridgehead atoms. The summed E-state index contributed by atoms with van der Waals surface area (Å²) < 4.78 is 14.1. The summed E-state index contributed by atoms with van der Waals surface area (Å²) in [6, 6.07) is 8.17. The Kier molecular flexibility index (Phi) is 4.74. The fourth-order valence-corrected chi connectivity index (χ4v) is 4.49. The number of carbonyl (C=O) groups is 1. The molecule has 1 amide bonds. The monoisotopic (exact) mass is 382 g/mol. The van der Waals surface area contributed by atoms with Gasteiger partial charge in [0.05, 0.1) is 19.3 Å². The van der Waals surface area contributed by atoms with Gasteiger partial charge >= 0.3 is 0 Å². The van der Waals surface area contributed by atoms with E-state index in [0.717, 1.165) is 37.2 Å². The van der Waals surface area contributed by atoms with Crippen LogP contribution >= 0.6 is 0 Å². The summed E-state index contributed by atoms with van der Waals surface area (Å²) in [4.78, 5) is 15.0. The molecule has 0 saturated carbocycles. The van der Waals surface area contributed by atoms with E-state index in [-0.39, 0.29) is 17.0 Å². The van der Waals surface area contributed by atoms with Crippen LogP contribution < -0.4 is 4.74 Å². The molecular weight excluding hydrogens is 352 g/mol. The minimum atomic E-state index is -0.339. The Balaban J connectivity index is 1.53. The van der Waals surface area contributed by atoms with Crippen LogP contribution in [0.25, 0.3) is 0 Å². The van der Waals surface area contributed by atoms with E-state index < -0.39 is 0 Å². The van der Waals surface area contributed by atoms with Gasteiger partial charge in [-0.3, -0.25) is 4.79 Å². The largest absolute Gasteiger partial charge is 0.496 e. The standard InChI is InChI=1S/C23H30N2O3/c1-22(2,3)25-12-8-18(16-25)21(26)24-13-10-23(11-14-24)20-17(9-15-28-23)6-5-7-19(20)27-4/h5-8,12,16H,9-11,13-15H2,1-4H3. The number of methoxy groups -OCH3 is 1. The van der Waals surface area contributed by atoms with Gasteiger partial charge in [0, 0.05) is 36.6 Å². The van der Waals surface area contributed by atoms with Gasteiger partial charge in [0.1, 0.15) is 11.4 Å². The van der Waals surface area contributed by atoms with Gasteiger partial charge in [0.2, 0.25) is 0 Å². The van der Waals surface area contributed by atoms with Crippen molar-refractivity contribution in [3.8, 4) is 5.75 Å². The molecular formula is C23H30N2O3. The van der Waals surface area contributed by atoms with E-state index in [9.17, 15) is 4.79 Å². The van der Waals surface area contributed by atoms with Crippen molar-refractivity contribution in [2.75, 3.05) is 26.8 Å². The van der Waals surface area contributed by atoms with Crippen LogP contribution in [0, 0.1) is 0 Å². The van der Waals surface area contributed by atoms with Crippen molar-refractivity contribution in [1.82, 2.24) is 9.47 Å². The summed E-state index contributed by atoms with van der Waals surface area (Å²) in [6.07, 6.45) is 6.46. The minimum absolute atomic E-state index is 0.0271. The first-order valence-corrected chi connectivity index (χ1v) is 10.1. The van der Waals surface area contributed by atoms with E-state index in [0.29, 0.717) is 13.1 Å². The van der Waals surface area contributed by atoms with Gasteiger partial charge in [-0.05, 0) is 57.7 Å². The third kappa shape index (κ3) is 3.22. The van der Waals surface area contributed by atoms with E-state index in [2.05, 4.69) is 37.5 Å². The summed E-state index contributed by atoms with van der Waals surface area (Å²) in [5.41, 5.74) is 2.89. The Morgan fingerprint density at radius 1 is 1.18 bits per heavy atom. The first-order chi connectivity index (χ1) is 13.3. The van der Waals surface area contributed by atoms with Gasteiger partial charge in [0.25, 0.3) is 5.91 Å². The Bertz CT molecular complexity index is 856. The predicted molar refractivity (Wildman–Crippen MR) is 109 cm³/mol. The van der Waals surface area contributed by atoms with Crippen molar-refractivity contribution in [2.24, 2.45) is 0 Å². The zero-order valence-corrected chi connectivity index (χ0v) is 17.3. The van der Waals surface area contributed by atoms with E-state index >= 15 is 0 Å². The van der Waals surface area contributed by atoms with Crippen LogP contribution in [0.4, 0.5) is 0 Å². The summed E-state index contributed by atoms with van der Waals surface area (Å²) in [7, 11) is 1.72. The van der Waals surface area contributed by atoms with Crippen molar-refractivity contribution >= 4 is 5.91 Å². The Morgan fingerprint density at radius 3 is 2.57 bits per heavy atom. The van der Waals surface area contributed by atoms with Gasteiger partial charge in [-0.1, -0.05) is 12.1 Å². The third-order valence-corrected chi connectivity index (χ3v) is 6.11. The fourth-order valence-electron chi connectivity index (χ4n) is 4.49. The lowest BCUT2D eigenvalue weighted by Crippen LogP contribution is -2.48. The zero-order chi connectivity index (χ0) is 19.9. The molecule has 1 saturated heterocycles. The third-order valence-electron chi connectivity index (χ3n) is 6.11. The number of amides is 1. The number of fused-ring (bicyclic) bond motifs is 2. The van der Waals surface area contributed by atoms with E-state index in [4.69, 9.17) is 9.47 Å². The van der Waals surface area contributed by atoms with Crippen molar-refractivity contribution in [3.63, 3.8) is 0 Å². The second-order valence-electron chi connectivity index (χ2n) is 8.86. The average molecular weight is 383 g/mol. The molecule has 5 heteroatoms. The molecule has 1 aromatic heterocycles. The topological polar surface area (TPSA) is 43.7 Å². The van der Waals surface area contributed by atoms with Crippen LogP contribution in [0.5, 0.6) is 5.75 Å². The molecule has 1 spiro atoms. The summed E-state index contributed by atoms with van der Waals surface area (Å²) in [5.74, 6) is 1.01. The second-order valence-corrected chi connectivity index (χ2v) is 8.86. The Morgan fingerprint density at radius 2 is 1.93 bits per heavy atom. The number of piperidine rings is 1. The van der Waals surface area contributed by atoms with Crippen molar-refractivity contribution in [1.29, 1.82) is 0 Å². The summed E-state index contributed by atoms with van der Waals surface area (Å²) in [6.45, 7) is 8.52. The molecule has 0 atom stereocenters. The highest BCUT2D eigenvalue weighted by atomic mass is 16.5. The minimum Gasteiger partial charge on any atom is -0.496 e. The van der Waals surface area contributed by atoms with Crippen LogP contribution in [0.1, 0.15) is 55.1 Å². The van der Waals surface area contributed by atoms with Crippen LogP contribution in [0.2, 0.25) is 0 Å². The van der Waals surface area contributed by atoms with Crippen LogP contribution in [0.15, 0.2) is 36.7 Å². The molecule has 150 valence electrons. The molecule has 0 aliphatic carbocycles. The number of rotatable bonds is 2. The molecule has 3 heterocycles. The maximum atomic E-state index is 13.0. The first-order valence-electron chi connectivity index (χ1n) is 10.1. The molecule has 2 aliphatic heterocycles. The van der Waals surface area contributed by atoms with Crippen LogP contribution in [-0.4, -0.2) is 42.2 Å². The maximum absolute atomic E-state index is 13.0. The number of aromatic nitrogens is 1. The molecule has 1 fully saturated rings. The van der Waals surface area contributed by atoms with Gasteiger partial charge in [-0.2, -0.15) is 0 Å². The van der Waals surface area contributed by atoms with Crippen LogP contribution in [-0.2, 0) is 22.3 Å². The average Bonchev–Trinajstić information content (AvgIpc) is 3.19. The predicted octanol–water partition coefficient (Wildman–Crippen LogP) is 3.96. The van der Waals surface area contributed by atoms with Crippen LogP contribution in [0.3, 0.4) is 0 Å². The molecule has 0 N–H and O–H groups in total. The molecule has 5 nitrogen and oxygen atoms in total. The summed E-state index contributed by atoms with van der Waals surface area (Å²) in [5, 5.41) is 0. The van der Waals surface area contributed by atoms with Gasteiger partial charge in [-0.15, -0.1) is 0 Å². The quantitative estimate of drug-likeness (QED) is 0.790. The molecule has 4 rings (SSSR count). The number of carbonyl (C=O) groups excluding carboxylic acids is 1. The summed E-state index contributed by atoms with van der Waals surface area (Å²) >= 11 is 0. The highest BCUT2D eigenvalue weighted by Gasteiger charge is 2.43. The number of ether oxygens (including phenoxy) is 2. The molecule has 1 aromatic carbocycles. The fraction of sp³-hybridized carbons (Fsp3) is 0.522.